The summed E-state index contributed by atoms with van der Waals surface area (Å²) in [5.74, 6) is -0.905. The van der Waals surface area contributed by atoms with Crippen LogP contribution in [0.15, 0.2) is 77.7 Å². The van der Waals surface area contributed by atoms with Crippen molar-refractivity contribution in [1.82, 2.24) is 0 Å². The highest BCUT2D eigenvalue weighted by molar-refractivity contribution is 7.92. The number of anilines is 2. The number of hydrogen-bond donors (Lipinski definition) is 2. The van der Waals surface area contributed by atoms with Gasteiger partial charge < -0.3 is 5.32 Å². The summed E-state index contributed by atoms with van der Waals surface area (Å²) in [4.78, 5) is 12.3. The van der Waals surface area contributed by atoms with Gasteiger partial charge >= 0.3 is 0 Å². The predicted molar refractivity (Wildman–Crippen MR) is 103 cm³/mol. The van der Waals surface area contributed by atoms with Crippen LogP contribution < -0.4 is 10.0 Å². The van der Waals surface area contributed by atoms with E-state index in [1.54, 1.807) is 18.2 Å². The van der Waals surface area contributed by atoms with E-state index in [4.69, 9.17) is 0 Å². The predicted octanol–water partition coefficient (Wildman–Crippen LogP) is 4.19. The van der Waals surface area contributed by atoms with Gasteiger partial charge in [0.05, 0.1) is 4.90 Å². The molecule has 7 heteroatoms. The molecule has 2 N–H and O–H groups in total. The van der Waals surface area contributed by atoms with Crippen molar-refractivity contribution in [2.45, 2.75) is 11.8 Å². The van der Waals surface area contributed by atoms with Crippen LogP contribution >= 0.6 is 0 Å². The summed E-state index contributed by atoms with van der Waals surface area (Å²) in [5.41, 5.74) is 1.94. The zero-order valence-corrected chi connectivity index (χ0v) is 15.3. The summed E-state index contributed by atoms with van der Waals surface area (Å²) in [5, 5.41) is 2.60. The number of nitrogens with one attached hydrogen (secondary N) is 2. The Labute approximate surface area is 156 Å². The molecule has 0 aromatic heterocycles. The summed E-state index contributed by atoms with van der Waals surface area (Å²) in [6.45, 7) is 1.86. The summed E-state index contributed by atoms with van der Waals surface area (Å²) < 4.78 is 40.6. The zero-order chi connectivity index (χ0) is 19.4. The van der Waals surface area contributed by atoms with E-state index in [1.165, 1.54) is 48.5 Å². The second-order valence-corrected chi connectivity index (χ2v) is 7.65. The van der Waals surface area contributed by atoms with Gasteiger partial charge in [-0.1, -0.05) is 18.2 Å². The Morgan fingerprint density at radius 3 is 2.30 bits per heavy atom. The van der Waals surface area contributed by atoms with Crippen LogP contribution in [0.3, 0.4) is 0 Å². The quantitative estimate of drug-likeness (QED) is 0.693. The average Bonchev–Trinajstić information content (AvgIpc) is 2.63. The first-order valence-electron chi connectivity index (χ1n) is 8.10. The van der Waals surface area contributed by atoms with Crippen molar-refractivity contribution in [3.8, 4) is 0 Å². The monoisotopic (exact) mass is 384 g/mol. The minimum atomic E-state index is -3.84. The molecule has 5 nitrogen and oxygen atoms in total. The van der Waals surface area contributed by atoms with Gasteiger partial charge in [0.25, 0.3) is 15.9 Å². The molecule has 0 aliphatic heterocycles. The first kappa shape index (κ1) is 18.6. The van der Waals surface area contributed by atoms with Crippen molar-refractivity contribution < 1.29 is 17.6 Å². The van der Waals surface area contributed by atoms with Crippen LogP contribution in [-0.4, -0.2) is 14.3 Å². The topological polar surface area (TPSA) is 75.3 Å². The first-order valence-corrected chi connectivity index (χ1v) is 9.58. The molecule has 0 saturated carbocycles. The minimum Gasteiger partial charge on any atom is -0.322 e. The zero-order valence-electron chi connectivity index (χ0n) is 14.4. The number of hydrogen-bond acceptors (Lipinski definition) is 3. The fraction of sp³-hybridized carbons (Fsp3) is 0.0500. The standard InChI is InChI=1S/C20H17FN2O3S/c1-14-4-2-6-18(12-14)23-27(25,26)19-7-3-5-15(13-19)20(24)22-17-10-8-16(21)9-11-17/h2-13,23H,1H3,(H,22,24). The lowest BCUT2D eigenvalue weighted by molar-refractivity contribution is 0.102. The van der Waals surface area contributed by atoms with Crippen molar-refractivity contribution in [1.29, 1.82) is 0 Å². The molecule has 0 saturated heterocycles. The SMILES string of the molecule is Cc1cccc(NS(=O)(=O)c2cccc(C(=O)Nc3ccc(F)cc3)c2)c1. The molecular formula is C20H17FN2O3S. The van der Waals surface area contributed by atoms with Crippen LogP contribution in [0, 0.1) is 12.7 Å². The van der Waals surface area contributed by atoms with E-state index in [0.717, 1.165) is 5.56 Å². The molecule has 138 valence electrons. The molecule has 0 unspecified atom stereocenters. The third-order valence-corrected chi connectivity index (χ3v) is 5.16. The van der Waals surface area contributed by atoms with Gasteiger partial charge in [0.15, 0.2) is 0 Å². The van der Waals surface area contributed by atoms with Crippen molar-refractivity contribution in [3.05, 3.63) is 89.7 Å². The van der Waals surface area contributed by atoms with Gasteiger partial charge in [0.2, 0.25) is 0 Å². The maximum Gasteiger partial charge on any atom is 0.261 e. The smallest absolute Gasteiger partial charge is 0.261 e. The number of rotatable bonds is 5. The Morgan fingerprint density at radius 1 is 0.889 bits per heavy atom. The van der Waals surface area contributed by atoms with E-state index in [-0.39, 0.29) is 10.5 Å². The maximum atomic E-state index is 12.9. The molecule has 3 aromatic rings. The molecule has 0 bridgehead atoms. The van der Waals surface area contributed by atoms with Crippen LogP contribution in [-0.2, 0) is 10.0 Å². The third-order valence-electron chi connectivity index (χ3n) is 3.78. The van der Waals surface area contributed by atoms with Crippen molar-refractivity contribution >= 4 is 27.3 Å². The van der Waals surface area contributed by atoms with Gasteiger partial charge in [0, 0.05) is 16.9 Å². The molecule has 0 aliphatic rings. The fourth-order valence-electron chi connectivity index (χ4n) is 2.46. The molecule has 0 radical (unpaired) electrons. The highest BCUT2D eigenvalue weighted by atomic mass is 32.2. The fourth-order valence-corrected chi connectivity index (χ4v) is 3.56. The van der Waals surface area contributed by atoms with E-state index in [9.17, 15) is 17.6 Å². The second kappa shape index (κ2) is 7.59. The van der Waals surface area contributed by atoms with Gasteiger partial charge in [0.1, 0.15) is 5.82 Å². The molecule has 0 fully saturated rings. The van der Waals surface area contributed by atoms with Crippen molar-refractivity contribution in [2.24, 2.45) is 0 Å². The number of halogens is 1. The lowest BCUT2D eigenvalue weighted by atomic mass is 10.2. The molecular weight excluding hydrogens is 367 g/mol. The summed E-state index contributed by atoms with van der Waals surface area (Å²) in [6, 6.07) is 18.0. The Morgan fingerprint density at radius 2 is 1.59 bits per heavy atom. The molecule has 3 aromatic carbocycles. The highest BCUT2D eigenvalue weighted by Crippen LogP contribution is 2.19. The van der Waals surface area contributed by atoms with Crippen LogP contribution in [0.2, 0.25) is 0 Å². The maximum absolute atomic E-state index is 12.9. The van der Waals surface area contributed by atoms with Crippen LogP contribution in [0.5, 0.6) is 0 Å². The largest absolute Gasteiger partial charge is 0.322 e. The van der Waals surface area contributed by atoms with Gasteiger partial charge in [-0.15, -0.1) is 0 Å². The number of carbonyl (C=O) groups excluding carboxylic acids is 1. The van der Waals surface area contributed by atoms with Gasteiger partial charge in [-0.2, -0.15) is 0 Å². The van der Waals surface area contributed by atoms with Gasteiger partial charge in [-0.3, -0.25) is 9.52 Å². The van der Waals surface area contributed by atoms with E-state index in [0.29, 0.717) is 11.4 Å². The normalized spacial score (nSPS) is 11.0. The molecule has 0 spiro atoms. The molecule has 3 rings (SSSR count). The average molecular weight is 384 g/mol. The minimum absolute atomic E-state index is 0.0317. The van der Waals surface area contributed by atoms with Gasteiger partial charge in [-0.05, 0) is 67.1 Å². The molecule has 1 amide bonds. The van der Waals surface area contributed by atoms with Crippen LogP contribution in [0.4, 0.5) is 15.8 Å². The molecule has 0 heterocycles. The van der Waals surface area contributed by atoms with E-state index in [2.05, 4.69) is 10.0 Å². The van der Waals surface area contributed by atoms with Crippen molar-refractivity contribution in [2.75, 3.05) is 10.0 Å². The summed E-state index contributed by atoms with van der Waals surface area (Å²) in [6.07, 6.45) is 0. The number of benzene rings is 3. The highest BCUT2D eigenvalue weighted by Gasteiger charge is 2.17. The van der Waals surface area contributed by atoms with Gasteiger partial charge in [-0.25, -0.2) is 12.8 Å². The Balaban J connectivity index is 1.81. The number of sulfonamides is 1. The number of aryl methyl sites for hydroxylation is 1. The van der Waals surface area contributed by atoms with Crippen molar-refractivity contribution in [3.63, 3.8) is 0 Å². The summed E-state index contributed by atoms with van der Waals surface area (Å²) in [7, 11) is -3.84. The van der Waals surface area contributed by atoms with Crippen LogP contribution in [0.1, 0.15) is 15.9 Å². The first-order chi connectivity index (χ1) is 12.8. The molecule has 0 aliphatic carbocycles. The Kier molecular flexibility index (Phi) is 5.23. The lowest BCUT2D eigenvalue weighted by Gasteiger charge is -2.10. The van der Waals surface area contributed by atoms with E-state index < -0.39 is 21.7 Å². The third kappa shape index (κ3) is 4.71. The summed E-state index contributed by atoms with van der Waals surface area (Å²) >= 11 is 0. The van der Waals surface area contributed by atoms with E-state index in [1.807, 2.05) is 13.0 Å². The Hall–Kier alpha value is -3.19. The number of carbonyl (C=O) groups is 1. The molecule has 0 atom stereocenters. The number of amides is 1. The second-order valence-electron chi connectivity index (χ2n) is 5.96. The van der Waals surface area contributed by atoms with Crippen LogP contribution in [0.25, 0.3) is 0 Å². The Bertz CT molecular complexity index is 1080. The van der Waals surface area contributed by atoms with E-state index >= 15 is 0 Å². The lowest BCUT2D eigenvalue weighted by Crippen LogP contribution is -2.16. The molecule has 27 heavy (non-hydrogen) atoms.